The third kappa shape index (κ3) is 4.71. The number of nitriles is 1. The Morgan fingerprint density at radius 2 is 2.03 bits per heavy atom. The molecule has 0 bridgehead atoms. The van der Waals surface area contributed by atoms with Gasteiger partial charge in [0.05, 0.1) is 17.5 Å². The number of alkyl halides is 3. The monoisotopic (exact) mass is 438 g/mol. The summed E-state index contributed by atoms with van der Waals surface area (Å²) in [5, 5.41) is 10.2. The highest BCUT2D eigenvalue weighted by atomic mass is 32.2. The van der Waals surface area contributed by atoms with Crippen LogP contribution in [0.5, 0.6) is 5.75 Å². The van der Waals surface area contributed by atoms with Gasteiger partial charge in [0.15, 0.2) is 0 Å². The number of thioether (sulfide) groups is 2. The molecule has 0 N–H and O–H groups in total. The van der Waals surface area contributed by atoms with E-state index in [9.17, 15) is 22.8 Å². The lowest BCUT2D eigenvalue weighted by Crippen LogP contribution is -2.18. The summed E-state index contributed by atoms with van der Waals surface area (Å²) in [6.45, 7) is 4.10. The van der Waals surface area contributed by atoms with E-state index < -0.39 is 17.6 Å². The number of hydrogen-bond acceptors (Lipinski definition) is 5. The van der Waals surface area contributed by atoms with Gasteiger partial charge >= 0.3 is 6.18 Å². The Balaban J connectivity index is 2.01. The van der Waals surface area contributed by atoms with Crippen LogP contribution in [0.4, 0.5) is 23.2 Å². The summed E-state index contributed by atoms with van der Waals surface area (Å²) in [5.74, 6) is 0.366. The predicted octanol–water partition coefficient (Wildman–Crippen LogP) is 6.40. The highest BCUT2D eigenvalue weighted by Gasteiger charge is 2.32. The van der Waals surface area contributed by atoms with Crippen molar-refractivity contribution >= 4 is 29.2 Å². The standard InChI is InChI=1S/C20H14F4N2OS2/c1-2-27-16-6-4-3-5-15(16)26-9-10-28-19(26)18(12-25)29-17-11-13(20(22,23)24)7-8-14(17)21/h2-8,11H,1,9-10H2/b19-18-. The first-order valence-electron chi connectivity index (χ1n) is 8.31. The fourth-order valence-corrected chi connectivity index (χ4v) is 4.79. The molecule has 1 aliphatic rings. The first kappa shape index (κ1) is 21.1. The minimum atomic E-state index is -4.60. The number of allylic oxidation sites excluding steroid dienone is 1. The number of halogens is 4. The van der Waals surface area contributed by atoms with Crippen LogP contribution in [0, 0.1) is 17.1 Å². The maximum atomic E-state index is 14.2. The van der Waals surface area contributed by atoms with E-state index in [1.165, 1.54) is 18.0 Å². The third-order valence-electron chi connectivity index (χ3n) is 3.93. The predicted molar refractivity (Wildman–Crippen MR) is 107 cm³/mol. The molecule has 0 amide bonds. The van der Waals surface area contributed by atoms with Gasteiger partial charge in [-0.3, -0.25) is 0 Å². The average Bonchev–Trinajstić information content (AvgIpc) is 3.16. The van der Waals surface area contributed by atoms with Gasteiger partial charge in [-0.05, 0) is 30.3 Å². The largest absolute Gasteiger partial charge is 0.463 e. The van der Waals surface area contributed by atoms with Crippen molar-refractivity contribution < 1.29 is 22.3 Å². The van der Waals surface area contributed by atoms with Crippen molar-refractivity contribution in [2.45, 2.75) is 11.1 Å². The van der Waals surface area contributed by atoms with E-state index in [4.69, 9.17) is 4.74 Å². The van der Waals surface area contributed by atoms with Crippen LogP contribution in [0.1, 0.15) is 5.56 Å². The minimum Gasteiger partial charge on any atom is -0.463 e. The van der Waals surface area contributed by atoms with Crippen molar-refractivity contribution in [3.05, 3.63) is 76.6 Å². The summed E-state index contributed by atoms with van der Waals surface area (Å²) >= 11 is 2.06. The fourth-order valence-electron chi connectivity index (χ4n) is 2.68. The van der Waals surface area contributed by atoms with E-state index >= 15 is 0 Å². The zero-order chi connectivity index (χ0) is 21.0. The summed E-state index contributed by atoms with van der Waals surface area (Å²) in [6, 6.07) is 11.3. The number of ether oxygens (including phenoxy) is 1. The van der Waals surface area contributed by atoms with Gasteiger partial charge in [0.1, 0.15) is 27.6 Å². The van der Waals surface area contributed by atoms with E-state index in [2.05, 4.69) is 6.58 Å². The van der Waals surface area contributed by atoms with Gasteiger partial charge in [0.25, 0.3) is 0 Å². The van der Waals surface area contributed by atoms with Gasteiger partial charge in [-0.2, -0.15) is 18.4 Å². The van der Waals surface area contributed by atoms with Gasteiger partial charge in [-0.1, -0.05) is 30.5 Å². The molecular weight excluding hydrogens is 424 g/mol. The quantitative estimate of drug-likeness (QED) is 0.233. The summed E-state index contributed by atoms with van der Waals surface area (Å²) < 4.78 is 58.5. The smallest absolute Gasteiger partial charge is 0.416 e. The first-order chi connectivity index (χ1) is 13.8. The lowest BCUT2D eigenvalue weighted by Gasteiger charge is -2.22. The number of rotatable bonds is 5. The topological polar surface area (TPSA) is 36.3 Å². The van der Waals surface area contributed by atoms with Crippen molar-refractivity contribution in [2.24, 2.45) is 0 Å². The van der Waals surface area contributed by atoms with Gasteiger partial charge < -0.3 is 9.64 Å². The minimum absolute atomic E-state index is 0.110. The number of nitrogens with zero attached hydrogens (tertiary/aromatic N) is 2. The van der Waals surface area contributed by atoms with Crippen LogP contribution in [0.2, 0.25) is 0 Å². The van der Waals surface area contributed by atoms with E-state index in [0.29, 0.717) is 46.6 Å². The normalized spacial score (nSPS) is 15.8. The molecule has 150 valence electrons. The van der Waals surface area contributed by atoms with Crippen LogP contribution in [-0.4, -0.2) is 12.3 Å². The second-order valence-corrected chi connectivity index (χ2v) is 7.88. The average molecular weight is 438 g/mol. The van der Waals surface area contributed by atoms with Crippen LogP contribution in [0.3, 0.4) is 0 Å². The second-order valence-electron chi connectivity index (χ2n) is 5.74. The van der Waals surface area contributed by atoms with E-state index in [-0.39, 0.29) is 9.80 Å². The van der Waals surface area contributed by atoms with Gasteiger partial charge in [-0.15, -0.1) is 11.8 Å². The Hall–Kier alpha value is -2.57. The lowest BCUT2D eigenvalue weighted by molar-refractivity contribution is -0.137. The van der Waals surface area contributed by atoms with Crippen molar-refractivity contribution in [2.75, 3.05) is 17.2 Å². The summed E-state index contributed by atoms with van der Waals surface area (Å²) in [7, 11) is 0. The Morgan fingerprint density at radius 1 is 1.28 bits per heavy atom. The number of benzene rings is 2. The van der Waals surface area contributed by atoms with E-state index in [1.54, 1.807) is 24.3 Å². The molecule has 9 heteroatoms. The molecule has 29 heavy (non-hydrogen) atoms. The molecule has 0 unspecified atom stereocenters. The number of para-hydroxylation sites is 2. The molecule has 0 aliphatic carbocycles. The lowest BCUT2D eigenvalue weighted by atomic mass is 10.2. The number of anilines is 1. The van der Waals surface area contributed by atoms with E-state index in [0.717, 1.165) is 12.1 Å². The Bertz CT molecular complexity index is 999. The zero-order valence-electron chi connectivity index (χ0n) is 14.9. The van der Waals surface area contributed by atoms with Crippen molar-refractivity contribution in [1.29, 1.82) is 5.26 Å². The van der Waals surface area contributed by atoms with Crippen LogP contribution in [0.15, 0.2) is 70.1 Å². The molecular formula is C20H14F4N2OS2. The third-order valence-corrected chi connectivity index (χ3v) is 6.17. The molecule has 0 radical (unpaired) electrons. The number of hydrogen-bond donors (Lipinski definition) is 0. The Morgan fingerprint density at radius 3 is 2.72 bits per heavy atom. The molecule has 1 heterocycles. The first-order valence-corrected chi connectivity index (χ1v) is 10.1. The molecule has 0 saturated carbocycles. The van der Waals surface area contributed by atoms with Crippen LogP contribution in [0.25, 0.3) is 0 Å². The van der Waals surface area contributed by atoms with Crippen molar-refractivity contribution in [1.82, 2.24) is 0 Å². The molecule has 0 aromatic heterocycles. The Labute approximate surface area is 173 Å². The Kier molecular flexibility index (Phi) is 6.45. The molecule has 3 rings (SSSR count). The molecule has 3 nitrogen and oxygen atoms in total. The summed E-state index contributed by atoms with van der Waals surface area (Å²) in [4.78, 5) is 1.69. The molecule has 0 atom stereocenters. The van der Waals surface area contributed by atoms with Gasteiger partial charge in [-0.25, -0.2) is 4.39 Å². The maximum absolute atomic E-state index is 14.2. The zero-order valence-corrected chi connectivity index (χ0v) is 16.5. The van der Waals surface area contributed by atoms with Crippen molar-refractivity contribution in [3.63, 3.8) is 0 Å². The highest BCUT2D eigenvalue weighted by molar-refractivity contribution is 8.07. The molecule has 1 aliphatic heterocycles. The molecule has 2 aromatic carbocycles. The summed E-state index contributed by atoms with van der Waals surface area (Å²) in [6.07, 6.45) is -3.32. The molecule has 1 saturated heterocycles. The van der Waals surface area contributed by atoms with Gasteiger partial charge in [0.2, 0.25) is 0 Å². The molecule has 2 aromatic rings. The highest BCUT2D eigenvalue weighted by Crippen LogP contribution is 2.44. The molecule has 0 spiro atoms. The van der Waals surface area contributed by atoms with Crippen LogP contribution < -0.4 is 9.64 Å². The van der Waals surface area contributed by atoms with Crippen molar-refractivity contribution in [3.8, 4) is 11.8 Å². The SMILES string of the molecule is C=COc1ccccc1N1CCS/C1=C(/C#N)Sc1cc(C(F)(F)F)ccc1F. The summed E-state index contributed by atoms with van der Waals surface area (Å²) in [5.41, 5.74) is -0.283. The fraction of sp³-hybridized carbons (Fsp3) is 0.150. The second kappa shape index (κ2) is 8.84. The van der Waals surface area contributed by atoms with E-state index in [1.807, 2.05) is 11.0 Å². The van der Waals surface area contributed by atoms with Gasteiger partial charge in [0, 0.05) is 17.2 Å². The molecule has 1 fully saturated rings. The maximum Gasteiger partial charge on any atom is 0.416 e. The van der Waals surface area contributed by atoms with Crippen LogP contribution >= 0.6 is 23.5 Å². The van der Waals surface area contributed by atoms with Crippen LogP contribution in [-0.2, 0) is 6.18 Å².